The fraction of sp³-hybridized carbons (Fsp3) is 0.167. The molecule has 6 heteroatoms. The van der Waals surface area contributed by atoms with Crippen molar-refractivity contribution in [3.63, 3.8) is 0 Å². The van der Waals surface area contributed by atoms with Gasteiger partial charge in [0.05, 0.1) is 7.11 Å². The number of anilines is 1. The summed E-state index contributed by atoms with van der Waals surface area (Å²) < 4.78 is 5.39. The van der Waals surface area contributed by atoms with Crippen LogP contribution in [0.25, 0.3) is 11.1 Å². The summed E-state index contributed by atoms with van der Waals surface area (Å²) in [5.41, 5.74) is 3.11. The van der Waals surface area contributed by atoms with Crippen LogP contribution in [0.4, 0.5) is 5.82 Å². The molecule has 2 aromatic heterocycles. The van der Waals surface area contributed by atoms with Gasteiger partial charge < -0.3 is 10.1 Å². The molecule has 0 radical (unpaired) electrons. The number of benzene rings is 1. The van der Waals surface area contributed by atoms with Crippen molar-refractivity contribution in [1.29, 1.82) is 0 Å². The van der Waals surface area contributed by atoms with Crippen LogP contribution < -0.4 is 10.1 Å². The molecule has 0 saturated carbocycles. The SMILES string of the molecule is COc1ncc(CNc2ccnc(SC)n2)cc1-c1ccccc1. The van der Waals surface area contributed by atoms with E-state index in [9.17, 15) is 0 Å². The van der Waals surface area contributed by atoms with E-state index in [2.05, 4.69) is 26.3 Å². The molecule has 0 aliphatic rings. The van der Waals surface area contributed by atoms with Gasteiger partial charge in [0, 0.05) is 24.5 Å². The minimum atomic E-state index is 0.622. The van der Waals surface area contributed by atoms with E-state index in [1.54, 1.807) is 13.3 Å². The largest absolute Gasteiger partial charge is 0.481 e. The summed E-state index contributed by atoms with van der Waals surface area (Å²) in [6.07, 6.45) is 5.52. The molecule has 0 bridgehead atoms. The van der Waals surface area contributed by atoms with Crippen molar-refractivity contribution in [1.82, 2.24) is 15.0 Å². The Morgan fingerprint density at radius 3 is 2.71 bits per heavy atom. The Hall–Kier alpha value is -2.60. The quantitative estimate of drug-likeness (QED) is 0.544. The van der Waals surface area contributed by atoms with Crippen LogP contribution in [0.15, 0.2) is 60.0 Å². The van der Waals surface area contributed by atoms with Crippen LogP contribution >= 0.6 is 11.8 Å². The van der Waals surface area contributed by atoms with E-state index in [-0.39, 0.29) is 0 Å². The van der Waals surface area contributed by atoms with Crippen molar-refractivity contribution < 1.29 is 4.74 Å². The zero-order valence-electron chi connectivity index (χ0n) is 13.6. The number of rotatable bonds is 6. The molecule has 0 aliphatic carbocycles. The fourth-order valence-electron chi connectivity index (χ4n) is 2.31. The molecule has 1 N–H and O–H groups in total. The maximum absolute atomic E-state index is 5.39. The lowest BCUT2D eigenvalue weighted by molar-refractivity contribution is 0.399. The highest BCUT2D eigenvalue weighted by molar-refractivity contribution is 7.98. The highest BCUT2D eigenvalue weighted by atomic mass is 32.2. The predicted molar refractivity (Wildman–Crippen MR) is 97.4 cm³/mol. The van der Waals surface area contributed by atoms with Crippen LogP contribution in [0.3, 0.4) is 0 Å². The van der Waals surface area contributed by atoms with Gasteiger partial charge in [-0.15, -0.1) is 0 Å². The van der Waals surface area contributed by atoms with E-state index in [0.717, 1.165) is 27.7 Å². The molecule has 0 aliphatic heterocycles. The van der Waals surface area contributed by atoms with Crippen LogP contribution in [0.1, 0.15) is 5.56 Å². The molecule has 122 valence electrons. The first-order valence-electron chi connectivity index (χ1n) is 7.49. The molecule has 0 saturated heterocycles. The number of hydrogen-bond acceptors (Lipinski definition) is 6. The molecule has 0 spiro atoms. The number of aromatic nitrogens is 3. The van der Waals surface area contributed by atoms with E-state index in [1.165, 1.54) is 11.8 Å². The second-order valence-electron chi connectivity index (χ2n) is 5.05. The van der Waals surface area contributed by atoms with Gasteiger partial charge in [-0.25, -0.2) is 15.0 Å². The molecule has 5 nitrogen and oxygen atoms in total. The maximum atomic E-state index is 5.39. The second kappa shape index (κ2) is 7.79. The molecule has 0 unspecified atom stereocenters. The van der Waals surface area contributed by atoms with E-state index >= 15 is 0 Å². The number of ether oxygens (including phenoxy) is 1. The molecule has 3 rings (SSSR count). The summed E-state index contributed by atoms with van der Waals surface area (Å²) in [7, 11) is 1.64. The molecule has 24 heavy (non-hydrogen) atoms. The third kappa shape index (κ3) is 3.83. The molecule has 3 aromatic rings. The maximum Gasteiger partial charge on any atom is 0.221 e. The monoisotopic (exact) mass is 338 g/mol. The topological polar surface area (TPSA) is 59.9 Å². The van der Waals surface area contributed by atoms with Gasteiger partial charge in [-0.1, -0.05) is 42.1 Å². The van der Waals surface area contributed by atoms with Gasteiger partial charge in [-0.3, -0.25) is 0 Å². The average molecular weight is 338 g/mol. The van der Waals surface area contributed by atoms with Crippen LogP contribution in [0.2, 0.25) is 0 Å². The second-order valence-corrected chi connectivity index (χ2v) is 5.82. The smallest absolute Gasteiger partial charge is 0.221 e. The van der Waals surface area contributed by atoms with Gasteiger partial charge in [0.15, 0.2) is 5.16 Å². The zero-order chi connectivity index (χ0) is 16.8. The summed E-state index contributed by atoms with van der Waals surface area (Å²) in [4.78, 5) is 13.0. The fourth-order valence-corrected chi connectivity index (χ4v) is 2.67. The van der Waals surface area contributed by atoms with Gasteiger partial charge in [0.1, 0.15) is 5.82 Å². The van der Waals surface area contributed by atoms with Crippen LogP contribution in [-0.2, 0) is 6.54 Å². The van der Waals surface area contributed by atoms with Crippen molar-refractivity contribution in [3.8, 4) is 17.0 Å². The van der Waals surface area contributed by atoms with Crippen molar-refractivity contribution in [2.24, 2.45) is 0 Å². The molecule has 2 heterocycles. The lowest BCUT2D eigenvalue weighted by atomic mass is 10.1. The number of nitrogens with one attached hydrogen (secondary N) is 1. The van der Waals surface area contributed by atoms with Crippen molar-refractivity contribution in [2.75, 3.05) is 18.7 Å². The number of thioether (sulfide) groups is 1. The van der Waals surface area contributed by atoms with Crippen LogP contribution in [0.5, 0.6) is 5.88 Å². The van der Waals surface area contributed by atoms with Gasteiger partial charge in [-0.2, -0.15) is 0 Å². The van der Waals surface area contributed by atoms with Gasteiger partial charge in [-0.05, 0) is 29.5 Å². The first-order valence-corrected chi connectivity index (χ1v) is 8.72. The van der Waals surface area contributed by atoms with E-state index < -0.39 is 0 Å². The number of methoxy groups -OCH3 is 1. The molecular weight excluding hydrogens is 320 g/mol. The summed E-state index contributed by atoms with van der Waals surface area (Å²) >= 11 is 1.52. The van der Waals surface area contributed by atoms with Crippen LogP contribution in [0, 0.1) is 0 Å². The standard InChI is InChI=1S/C18H18N4OS/c1-23-17-15(14-6-4-3-5-7-14)10-13(12-21-17)11-20-16-8-9-19-18(22-16)24-2/h3-10,12H,11H2,1-2H3,(H,19,20,22). The highest BCUT2D eigenvalue weighted by Gasteiger charge is 2.08. The Labute approximate surface area is 145 Å². The summed E-state index contributed by atoms with van der Waals surface area (Å²) in [6, 6.07) is 14.0. The van der Waals surface area contributed by atoms with Gasteiger partial charge in [0.25, 0.3) is 0 Å². The molecule has 1 aromatic carbocycles. The molecular formula is C18H18N4OS. The highest BCUT2D eigenvalue weighted by Crippen LogP contribution is 2.28. The van der Waals surface area contributed by atoms with Crippen LogP contribution in [-0.4, -0.2) is 28.3 Å². The molecule has 0 atom stereocenters. The third-order valence-corrected chi connectivity index (χ3v) is 4.04. The Bertz CT molecular complexity index is 811. The first kappa shape index (κ1) is 16.3. The predicted octanol–water partition coefficient (Wildman–Crippen LogP) is 3.88. The van der Waals surface area contributed by atoms with Gasteiger partial charge >= 0.3 is 0 Å². The lowest BCUT2D eigenvalue weighted by Crippen LogP contribution is -2.03. The average Bonchev–Trinajstić information content (AvgIpc) is 2.67. The molecule has 0 fully saturated rings. The van der Waals surface area contributed by atoms with Crippen molar-refractivity contribution in [3.05, 3.63) is 60.4 Å². The lowest BCUT2D eigenvalue weighted by Gasteiger charge is -2.11. The minimum Gasteiger partial charge on any atom is -0.481 e. The number of nitrogens with zero attached hydrogens (tertiary/aromatic N) is 3. The molecule has 0 amide bonds. The van der Waals surface area contributed by atoms with Crippen molar-refractivity contribution in [2.45, 2.75) is 11.7 Å². The minimum absolute atomic E-state index is 0.622. The Balaban J connectivity index is 1.81. The van der Waals surface area contributed by atoms with E-state index in [0.29, 0.717) is 12.4 Å². The Kier molecular flexibility index (Phi) is 5.28. The van der Waals surface area contributed by atoms with Gasteiger partial charge in [0.2, 0.25) is 5.88 Å². The summed E-state index contributed by atoms with van der Waals surface area (Å²) in [5.74, 6) is 1.42. The Morgan fingerprint density at radius 1 is 1.12 bits per heavy atom. The zero-order valence-corrected chi connectivity index (χ0v) is 14.4. The van der Waals surface area contributed by atoms with E-state index in [1.807, 2.05) is 48.9 Å². The Morgan fingerprint density at radius 2 is 1.96 bits per heavy atom. The summed E-state index contributed by atoms with van der Waals surface area (Å²) in [5, 5.41) is 4.05. The van der Waals surface area contributed by atoms with Crippen molar-refractivity contribution >= 4 is 17.6 Å². The number of hydrogen-bond donors (Lipinski definition) is 1. The van der Waals surface area contributed by atoms with E-state index in [4.69, 9.17) is 4.74 Å². The summed E-state index contributed by atoms with van der Waals surface area (Å²) in [6.45, 7) is 0.627. The normalized spacial score (nSPS) is 10.4. The number of pyridine rings is 1. The first-order chi connectivity index (χ1) is 11.8. The third-order valence-electron chi connectivity index (χ3n) is 3.48.